The predicted molar refractivity (Wildman–Crippen MR) is 334 cm³/mol. The Bertz CT molecular complexity index is 1810. The van der Waals surface area contributed by atoms with Gasteiger partial charge in [-0.1, -0.05) is 232 Å². The van der Waals surface area contributed by atoms with Crippen LogP contribution in [0.4, 0.5) is 0 Å². The number of unbranched alkanes of at least 4 members (excludes halogenated alkanes) is 33. The fourth-order valence-electron chi connectivity index (χ4n) is 12.5. The van der Waals surface area contributed by atoms with Gasteiger partial charge in [0.1, 0.15) is 67.1 Å². The second-order valence-electron chi connectivity index (χ2n) is 25.8. The van der Waals surface area contributed by atoms with Crippen LogP contribution in [0.1, 0.15) is 265 Å². The van der Waals surface area contributed by atoms with E-state index in [4.69, 9.17) is 28.4 Å². The molecule has 3 aliphatic heterocycles. The summed E-state index contributed by atoms with van der Waals surface area (Å²) in [6.07, 6.45) is 14.1. The summed E-state index contributed by atoms with van der Waals surface area (Å²) in [5.74, 6) is -6.09. The first-order valence-electron chi connectivity index (χ1n) is 34.9. The minimum Gasteiger partial charge on any atom is -0.477 e. The highest BCUT2D eigenvalue weighted by Gasteiger charge is 2.60. The molecule has 3 fully saturated rings. The Morgan fingerprint density at radius 2 is 0.978 bits per heavy atom. The molecule has 0 spiro atoms. The van der Waals surface area contributed by atoms with Crippen molar-refractivity contribution in [2.45, 2.75) is 375 Å². The summed E-state index contributed by atoms with van der Waals surface area (Å²) in [5, 5.41) is 136. The molecular weight excluding hydrogens is 1160 g/mol. The molecule has 18 atom stereocenters. The van der Waals surface area contributed by atoms with Crippen LogP contribution in [-0.4, -0.2) is 215 Å². The molecule has 3 heterocycles. The molecule has 0 aromatic heterocycles. The van der Waals surface area contributed by atoms with Gasteiger partial charge in [-0.05, 0) is 12.8 Å². The number of ether oxygens (including phenoxy) is 6. The van der Waals surface area contributed by atoms with Gasteiger partial charge in [0.15, 0.2) is 12.6 Å². The van der Waals surface area contributed by atoms with Crippen molar-refractivity contribution in [3.05, 3.63) is 0 Å². The van der Waals surface area contributed by atoms with E-state index in [9.17, 15) is 75.7 Å². The maximum atomic E-state index is 13.5. The van der Waals surface area contributed by atoms with Crippen LogP contribution in [0.5, 0.6) is 0 Å². The molecule has 14 N–H and O–H groups in total. The number of carboxylic acid groups (broad SMARTS) is 1. The Balaban J connectivity index is 1.56. The van der Waals surface area contributed by atoms with Crippen molar-refractivity contribution in [2.24, 2.45) is 0 Å². The zero-order chi connectivity index (χ0) is 65.4. The number of nitrogens with one attached hydrogen (secondary N) is 2. The number of aliphatic carboxylic acids is 1. The summed E-state index contributed by atoms with van der Waals surface area (Å²) in [5.41, 5.74) is 0. The molecule has 0 bridgehead atoms. The molecule has 0 aromatic carbocycles. The quantitative estimate of drug-likeness (QED) is 0.0305. The summed E-state index contributed by atoms with van der Waals surface area (Å²) in [7, 11) is 0. The minimum atomic E-state index is -3.08. The Morgan fingerprint density at radius 1 is 0.539 bits per heavy atom. The average Bonchev–Trinajstić information content (AvgIpc) is 1.46. The van der Waals surface area contributed by atoms with Gasteiger partial charge in [-0.3, -0.25) is 9.59 Å². The smallest absolute Gasteiger partial charge is 0.364 e. The van der Waals surface area contributed by atoms with Crippen molar-refractivity contribution in [3.8, 4) is 0 Å². The van der Waals surface area contributed by atoms with E-state index >= 15 is 0 Å². The first-order valence-corrected chi connectivity index (χ1v) is 34.9. The minimum absolute atomic E-state index is 0.229. The van der Waals surface area contributed by atoms with Gasteiger partial charge in [0.25, 0.3) is 5.79 Å². The lowest BCUT2D eigenvalue weighted by atomic mass is 9.88. The largest absolute Gasteiger partial charge is 0.477 e. The third-order valence-electron chi connectivity index (χ3n) is 18.1. The summed E-state index contributed by atoms with van der Waals surface area (Å²) in [6, 6.07) is -2.52. The maximum absolute atomic E-state index is 13.5. The molecule has 0 aliphatic carbocycles. The topological polar surface area (TPSA) is 373 Å². The Kier molecular flexibility index (Phi) is 43.3. The zero-order valence-corrected chi connectivity index (χ0v) is 54.6. The Labute approximate surface area is 531 Å². The van der Waals surface area contributed by atoms with Crippen LogP contribution in [-0.2, 0) is 42.8 Å². The third kappa shape index (κ3) is 30.3. The SMILES string of the molecule is CCCCCCCCCCCCCCCCCCCCCCCCCC(=O)NC(COC1OC(CO)C(OC2OC(CO)C(O)C(OC3(C(=O)O)CC(O)C(NC(C)=O)C(C(O)C(O)CO)O3)C2O)C(O)C1O)C(O)CCCCCCCCCCCCCC. The van der Waals surface area contributed by atoms with Crippen LogP contribution in [0.15, 0.2) is 0 Å². The number of carbonyl (C=O) groups excluding carboxylic acids is 2. The number of hydrogen-bond donors (Lipinski definition) is 14. The Morgan fingerprint density at radius 3 is 1.40 bits per heavy atom. The average molecular weight is 1280 g/mol. The highest BCUT2D eigenvalue weighted by molar-refractivity contribution is 5.77. The second-order valence-corrected chi connectivity index (χ2v) is 25.8. The van der Waals surface area contributed by atoms with E-state index in [0.29, 0.717) is 19.3 Å². The van der Waals surface area contributed by atoms with E-state index in [2.05, 4.69) is 24.5 Å². The highest BCUT2D eigenvalue weighted by Crippen LogP contribution is 2.39. The Hall–Kier alpha value is -2.27. The molecule has 18 unspecified atom stereocenters. The molecule has 0 aromatic rings. The summed E-state index contributed by atoms with van der Waals surface area (Å²) in [4.78, 5) is 38.5. The highest BCUT2D eigenvalue weighted by atomic mass is 16.8. The standard InChI is InChI=1S/C66H124N2O21/c1-4-6-8-10-12-14-16-18-19-20-21-22-23-24-25-26-27-28-30-32-34-36-38-40-53(76)68-47(48(73)39-37-35-33-31-29-17-15-13-11-9-7-5-2)45-84-63-58(80)57(79)60(52(44-71)86-63)87-64-59(81)62(56(78)51(43-70)85-64)89-66(65(82)83)41-49(74)54(67-46(3)72)61(88-66)55(77)50(75)42-69/h47-52,54-64,69-71,73-75,77-81H,4-45H2,1-3H3,(H,67,72)(H,68,76)(H,82,83). The molecule has 3 rings (SSSR count). The normalized spacial score (nSPS) is 28.7. The van der Waals surface area contributed by atoms with Crippen LogP contribution in [0.25, 0.3) is 0 Å². The summed E-state index contributed by atoms with van der Waals surface area (Å²) >= 11 is 0. The number of amides is 2. The molecular formula is C66H124N2O21. The summed E-state index contributed by atoms with van der Waals surface area (Å²) in [6.45, 7) is 2.21. The van der Waals surface area contributed by atoms with E-state index in [1.54, 1.807) is 0 Å². The molecule has 0 saturated carbocycles. The van der Waals surface area contributed by atoms with Crippen LogP contribution in [0.2, 0.25) is 0 Å². The van der Waals surface area contributed by atoms with Gasteiger partial charge in [-0.2, -0.15) is 0 Å². The first-order chi connectivity index (χ1) is 42.9. The van der Waals surface area contributed by atoms with Crippen molar-refractivity contribution in [1.29, 1.82) is 0 Å². The van der Waals surface area contributed by atoms with Gasteiger partial charge < -0.3 is 100 Å². The second kappa shape index (κ2) is 47.6. The molecule has 89 heavy (non-hydrogen) atoms. The molecule has 0 radical (unpaired) electrons. The number of carboxylic acids is 1. The van der Waals surface area contributed by atoms with E-state index in [0.717, 1.165) is 51.9 Å². The van der Waals surface area contributed by atoms with Gasteiger partial charge in [0.05, 0.1) is 50.7 Å². The predicted octanol–water partition coefficient (Wildman–Crippen LogP) is 6.12. The van der Waals surface area contributed by atoms with Crippen molar-refractivity contribution >= 4 is 17.8 Å². The lowest BCUT2D eigenvalue weighted by Gasteiger charge is -2.50. The lowest BCUT2D eigenvalue weighted by Crippen LogP contribution is -2.70. The molecule has 2 amide bonds. The molecule has 3 saturated heterocycles. The fraction of sp³-hybridized carbons (Fsp3) is 0.955. The van der Waals surface area contributed by atoms with E-state index < -0.39 is 148 Å². The number of rotatable bonds is 53. The number of carbonyl (C=O) groups is 3. The molecule has 23 nitrogen and oxygen atoms in total. The van der Waals surface area contributed by atoms with Crippen LogP contribution in [0, 0.1) is 0 Å². The van der Waals surface area contributed by atoms with Crippen LogP contribution < -0.4 is 10.6 Å². The maximum Gasteiger partial charge on any atom is 0.364 e. The van der Waals surface area contributed by atoms with Crippen LogP contribution >= 0.6 is 0 Å². The van der Waals surface area contributed by atoms with Gasteiger partial charge >= 0.3 is 5.97 Å². The number of aliphatic hydroxyl groups excluding tert-OH is 11. The molecule has 524 valence electrons. The molecule has 3 aliphatic rings. The van der Waals surface area contributed by atoms with Crippen molar-refractivity contribution in [3.63, 3.8) is 0 Å². The van der Waals surface area contributed by atoms with Gasteiger partial charge in [-0.15, -0.1) is 0 Å². The fourth-order valence-corrected chi connectivity index (χ4v) is 12.5. The number of hydrogen-bond acceptors (Lipinski definition) is 20. The van der Waals surface area contributed by atoms with Gasteiger partial charge in [-0.25, -0.2) is 4.79 Å². The van der Waals surface area contributed by atoms with Gasteiger partial charge in [0.2, 0.25) is 11.8 Å². The zero-order valence-electron chi connectivity index (χ0n) is 54.6. The third-order valence-corrected chi connectivity index (χ3v) is 18.1. The van der Waals surface area contributed by atoms with Crippen molar-refractivity contribution < 1.29 is 104 Å². The first kappa shape index (κ1) is 81.0. The van der Waals surface area contributed by atoms with Gasteiger partial charge in [0, 0.05) is 19.8 Å². The number of aliphatic hydroxyl groups is 11. The van der Waals surface area contributed by atoms with Crippen molar-refractivity contribution in [1.82, 2.24) is 10.6 Å². The van der Waals surface area contributed by atoms with Crippen LogP contribution in [0.3, 0.4) is 0 Å². The van der Waals surface area contributed by atoms with Crippen molar-refractivity contribution in [2.75, 3.05) is 26.4 Å². The monoisotopic (exact) mass is 1280 g/mol. The molecule has 23 heteroatoms. The summed E-state index contributed by atoms with van der Waals surface area (Å²) < 4.78 is 34.8. The lowest BCUT2D eigenvalue weighted by molar-refractivity contribution is -0.386. The van der Waals surface area contributed by atoms with E-state index in [-0.39, 0.29) is 18.9 Å². The van der Waals surface area contributed by atoms with E-state index in [1.165, 1.54) is 167 Å². The van der Waals surface area contributed by atoms with E-state index in [1.807, 2.05) is 0 Å².